The summed E-state index contributed by atoms with van der Waals surface area (Å²) in [5, 5.41) is 10.9. The molecule has 4 N–H and O–H groups in total. The van der Waals surface area contributed by atoms with Crippen LogP contribution in [0.5, 0.6) is 0 Å². The quantitative estimate of drug-likeness (QED) is 0.719. The molecule has 0 fully saturated rings. The number of hydrogen-bond donors (Lipinski definition) is 3. The Morgan fingerprint density at radius 1 is 1.33 bits per heavy atom. The molecule has 1 rings (SSSR count). The molecule has 0 radical (unpaired) electrons. The van der Waals surface area contributed by atoms with Crippen LogP contribution in [0.1, 0.15) is 28.8 Å². The van der Waals surface area contributed by atoms with Crippen LogP contribution in [0.15, 0.2) is 12.1 Å². The summed E-state index contributed by atoms with van der Waals surface area (Å²) in [5.41, 5.74) is 4.07. The molecule has 1 atom stereocenters. The summed E-state index contributed by atoms with van der Waals surface area (Å²) in [6.45, 7) is 1.34. The van der Waals surface area contributed by atoms with E-state index in [9.17, 15) is 23.2 Å². The molecule has 0 aliphatic heterocycles. The Morgan fingerprint density at radius 2 is 1.95 bits per heavy atom. The van der Waals surface area contributed by atoms with Crippen LogP contribution in [0, 0.1) is 18.6 Å². The zero-order chi connectivity index (χ0) is 16.2. The van der Waals surface area contributed by atoms with Gasteiger partial charge in [0.15, 0.2) is 0 Å². The zero-order valence-corrected chi connectivity index (χ0v) is 11.2. The second kappa shape index (κ2) is 6.78. The fourth-order valence-electron chi connectivity index (χ4n) is 1.64. The van der Waals surface area contributed by atoms with E-state index < -0.39 is 41.0 Å². The highest BCUT2D eigenvalue weighted by atomic mass is 19.1. The molecule has 0 aromatic heterocycles. The standard InChI is InChI=1S/C13H14F2N2O4/c1-6-2-3-7(14)10(11(6)15)12(19)17-8(13(20)21)4-5-9(16)18/h2-3,8H,4-5H2,1H3,(H2,16,18)(H,17,19)(H,20,21)/t8-/m1/s1. The lowest BCUT2D eigenvalue weighted by molar-refractivity contribution is -0.139. The van der Waals surface area contributed by atoms with E-state index in [1.165, 1.54) is 6.92 Å². The monoisotopic (exact) mass is 300 g/mol. The van der Waals surface area contributed by atoms with E-state index in [1.54, 1.807) is 0 Å². The van der Waals surface area contributed by atoms with Crippen molar-refractivity contribution in [3.8, 4) is 0 Å². The van der Waals surface area contributed by atoms with Crippen LogP contribution < -0.4 is 11.1 Å². The number of nitrogens with two attached hydrogens (primary N) is 1. The minimum atomic E-state index is -1.47. The van der Waals surface area contributed by atoms with Gasteiger partial charge in [0, 0.05) is 6.42 Å². The van der Waals surface area contributed by atoms with E-state index in [0.29, 0.717) is 0 Å². The predicted octanol–water partition coefficient (Wildman–Crippen LogP) is 0.722. The number of aliphatic carboxylic acids is 1. The van der Waals surface area contributed by atoms with Crippen molar-refractivity contribution in [2.45, 2.75) is 25.8 Å². The van der Waals surface area contributed by atoms with Gasteiger partial charge in [0.2, 0.25) is 5.91 Å². The summed E-state index contributed by atoms with van der Waals surface area (Å²) in [6, 6.07) is 0.597. The van der Waals surface area contributed by atoms with Gasteiger partial charge in [-0.2, -0.15) is 0 Å². The van der Waals surface area contributed by atoms with Gasteiger partial charge in [-0.25, -0.2) is 13.6 Å². The first-order chi connectivity index (χ1) is 9.73. The molecule has 0 aliphatic carbocycles. The Hall–Kier alpha value is -2.51. The molecule has 0 saturated heterocycles. The van der Waals surface area contributed by atoms with E-state index in [1.807, 2.05) is 5.32 Å². The molecule has 0 bridgehead atoms. The zero-order valence-electron chi connectivity index (χ0n) is 11.2. The Bertz CT molecular complexity index is 590. The van der Waals surface area contributed by atoms with E-state index in [-0.39, 0.29) is 18.4 Å². The van der Waals surface area contributed by atoms with Gasteiger partial charge in [-0.1, -0.05) is 6.07 Å². The number of hydrogen-bond acceptors (Lipinski definition) is 3. The molecule has 0 aliphatic rings. The number of carboxylic acids is 1. The molecular formula is C13H14F2N2O4. The fraction of sp³-hybridized carbons (Fsp3) is 0.308. The van der Waals surface area contributed by atoms with Crippen LogP contribution in [0.25, 0.3) is 0 Å². The minimum Gasteiger partial charge on any atom is -0.480 e. The largest absolute Gasteiger partial charge is 0.480 e. The summed E-state index contributed by atoms with van der Waals surface area (Å²) < 4.78 is 27.3. The van der Waals surface area contributed by atoms with Crippen molar-refractivity contribution in [3.05, 3.63) is 34.9 Å². The lowest BCUT2D eigenvalue weighted by Gasteiger charge is -2.14. The molecule has 21 heavy (non-hydrogen) atoms. The van der Waals surface area contributed by atoms with Crippen molar-refractivity contribution in [2.24, 2.45) is 5.73 Å². The number of nitrogens with one attached hydrogen (secondary N) is 1. The van der Waals surface area contributed by atoms with Crippen LogP contribution in [-0.2, 0) is 9.59 Å². The van der Waals surface area contributed by atoms with Gasteiger partial charge in [0.05, 0.1) is 0 Å². The molecule has 2 amide bonds. The number of primary amides is 1. The molecule has 0 spiro atoms. The third kappa shape index (κ3) is 4.23. The average Bonchev–Trinajstić information content (AvgIpc) is 2.38. The Balaban J connectivity index is 2.95. The number of halogens is 2. The third-order valence-electron chi connectivity index (χ3n) is 2.79. The lowest BCUT2D eigenvalue weighted by Crippen LogP contribution is -2.42. The highest BCUT2D eigenvalue weighted by Crippen LogP contribution is 2.16. The lowest BCUT2D eigenvalue weighted by atomic mass is 10.1. The normalized spacial score (nSPS) is 11.8. The number of benzene rings is 1. The predicted molar refractivity (Wildman–Crippen MR) is 68.4 cm³/mol. The Morgan fingerprint density at radius 3 is 2.48 bits per heavy atom. The first kappa shape index (κ1) is 16.5. The van der Waals surface area contributed by atoms with Crippen molar-refractivity contribution in [3.63, 3.8) is 0 Å². The molecule has 0 heterocycles. The van der Waals surface area contributed by atoms with Crippen molar-refractivity contribution in [1.29, 1.82) is 0 Å². The second-order valence-corrected chi connectivity index (χ2v) is 4.42. The number of carboxylic acid groups (broad SMARTS) is 1. The smallest absolute Gasteiger partial charge is 0.326 e. The first-order valence-electron chi connectivity index (χ1n) is 6.00. The van der Waals surface area contributed by atoms with Crippen molar-refractivity contribution < 1.29 is 28.3 Å². The number of amides is 2. The van der Waals surface area contributed by atoms with Crippen molar-refractivity contribution in [2.75, 3.05) is 0 Å². The topological polar surface area (TPSA) is 109 Å². The summed E-state index contributed by atoms with van der Waals surface area (Å²) in [5.74, 6) is -5.55. The van der Waals surface area contributed by atoms with Crippen LogP contribution in [0.4, 0.5) is 8.78 Å². The maximum atomic E-state index is 13.8. The minimum absolute atomic E-state index is 0.0468. The first-order valence-corrected chi connectivity index (χ1v) is 6.00. The van der Waals surface area contributed by atoms with E-state index in [0.717, 1.165) is 12.1 Å². The molecule has 114 valence electrons. The summed E-state index contributed by atoms with van der Waals surface area (Å²) in [7, 11) is 0. The number of carbonyl (C=O) groups excluding carboxylic acids is 2. The summed E-state index contributed by atoms with van der Waals surface area (Å²) in [6.07, 6.45) is -0.554. The number of carbonyl (C=O) groups is 3. The van der Waals surface area contributed by atoms with Crippen LogP contribution in [0.3, 0.4) is 0 Å². The Kier molecular flexibility index (Phi) is 5.34. The highest BCUT2D eigenvalue weighted by molar-refractivity contribution is 5.97. The second-order valence-electron chi connectivity index (χ2n) is 4.42. The van der Waals surface area contributed by atoms with Crippen LogP contribution in [0.2, 0.25) is 0 Å². The van der Waals surface area contributed by atoms with Gasteiger partial charge in [0.25, 0.3) is 5.91 Å². The van der Waals surface area contributed by atoms with Crippen LogP contribution in [-0.4, -0.2) is 28.9 Å². The van der Waals surface area contributed by atoms with Gasteiger partial charge in [-0.15, -0.1) is 0 Å². The fourth-order valence-corrected chi connectivity index (χ4v) is 1.64. The average molecular weight is 300 g/mol. The van der Waals surface area contributed by atoms with Gasteiger partial charge >= 0.3 is 5.97 Å². The van der Waals surface area contributed by atoms with Crippen molar-refractivity contribution >= 4 is 17.8 Å². The van der Waals surface area contributed by atoms with Gasteiger partial charge in [-0.05, 0) is 25.0 Å². The van der Waals surface area contributed by atoms with Crippen molar-refractivity contribution in [1.82, 2.24) is 5.32 Å². The molecule has 6 nitrogen and oxygen atoms in total. The SMILES string of the molecule is Cc1ccc(F)c(C(=O)N[C@H](CCC(N)=O)C(=O)O)c1F. The van der Waals surface area contributed by atoms with E-state index in [4.69, 9.17) is 10.8 Å². The molecular weight excluding hydrogens is 286 g/mol. The maximum Gasteiger partial charge on any atom is 0.326 e. The third-order valence-corrected chi connectivity index (χ3v) is 2.79. The van der Waals surface area contributed by atoms with Gasteiger partial charge < -0.3 is 16.2 Å². The maximum absolute atomic E-state index is 13.8. The van der Waals surface area contributed by atoms with E-state index in [2.05, 4.69) is 0 Å². The number of aryl methyl sites for hydroxylation is 1. The highest BCUT2D eigenvalue weighted by Gasteiger charge is 2.25. The molecule has 8 heteroatoms. The summed E-state index contributed by atoms with van der Waals surface area (Å²) in [4.78, 5) is 33.4. The van der Waals surface area contributed by atoms with Gasteiger partial charge in [0.1, 0.15) is 23.2 Å². The summed E-state index contributed by atoms with van der Waals surface area (Å²) >= 11 is 0. The molecule has 0 unspecified atom stereocenters. The molecule has 1 aromatic carbocycles. The van der Waals surface area contributed by atoms with Gasteiger partial charge in [-0.3, -0.25) is 9.59 Å². The molecule has 1 aromatic rings. The van der Waals surface area contributed by atoms with Crippen LogP contribution >= 0.6 is 0 Å². The molecule has 0 saturated carbocycles. The Labute approximate surface area is 118 Å². The number of rotatable bonds is 6. The van der Waals surface area contributed by atoms with E-state index >= 15 is 0 Å².